The van der Waals surface area contributed by atoms with Crippen LogP contribution in [0.1, 0.15) is 95.9 Å². The topological polar surface area (TPSA) is 64.6 Å². The van der Waals surface area contributed by atoms with Crippen molar-refractivity contribution in [3.63, 3.8) is 0 Å². The van der Waals surface area contributed by atoms with E-state index in [4.69, 9.17) is 33.2 Å². The number of methoxy groups -OCH3 is 2. The molecule has 7 heteroatoms. The van der Waals surface area contributed by atoms with Crippen LogP contribution in [0.5, 0.6) is 11.5 Å². The van der Waals surface area contributed by atoms with Gasteiger partial charge in [-0.2, -0.15) is 0 Å². The van der Waals surface area contributed by atoms with Crippen LogP contribution in [0.25, 0.3) is 0 Å². The highest BCUT2D eigenvalue weighted by molar-refractivity contribution is 5.47. The third kappa shape index (κ3) is 7.87. The van der Waals surface area contributed by atoms with E-state index in [2.05, 4.69) is 64.1 Å². The van der Waals surface area contributed by atoms with Crippen molar-refractivity contribution >= 4 is 0 Å². The van der Waals surface area contributed by atoms with Gasteiger partial charge in [0, 0.05) is 11.1 Å². The van der Waals surface area contributed by atoms with Crippen molar-refractivity contribution < 1.29 is 33.2 Å². The van der Waals surface area contributed by atoms with Gasteiger partial charge in [0.05, 0.1) is 66.1 Å². The van der Waals surface area contributed by atoms with Crippen molar-refractivity contribution in [2.75, 3.05) is 40.6 Å². The van der Waals surface area contributed by atoms with Gasteiger partial charge in [-0.3, -0.25) is 0 Å². The second-order valence-corrected chi connectivity index (χ2v) is 14.4. The van der Waals surface area contributed by atoms with Gasteiger partial charge in [0.25, 0.3) is 0 Å². The fourth-order valence-corrected chi connectivity index (χ4v) is 8.62. The SMILES string of the molecule is COc1cc2c(OC)c(c1)CO[C@H]1CCCC[C@@]1(c1cc(C)cc(C)c1)OCCOCCO[C@]1(c3cc(C)cc(C)c3)CCCC[C@@H]1OC2. The highest BCUT2D eigenvalue weighted by Gasteiger charge is 2.46. The Morgan fingerprint density at radius 1 is 0.551 bits per heavy atom. The minimum Gasteiger partial charge on any atom is -0.497 e. The molecular weight excluding hydrogens is 616 g/mol. The Balaban J connectivity index is 1.39. The molecule has 0 unspecified atom stereocenters. The van der Waals surface area contributed by atoms with Crippen LogP contribution in [0, 0.1) is 27.7 Å². The van der Waals surface area contributed by atoms with Crippen molar-refractivity contribution in [3.05, 3.63) is 93.0 Å². The molecule has 0 spiro atoms. The molecule has 2 fully saturated rings. The van der Waals surface area contributed by atoms with E-state index < -0.39 is 11.2 Å². The largest absolute Gasteiger partial charge is 0.497 e. The molecule has 0 aromatic heterocycles. The van der Waals surface area contributed by atoms with Crippen LogP contribution < -0.4 is 9.47 Å². The third-order valence-electron chi connectivity index (χ3n) is 10.7. The summed E-state index contributed by atoms with van der Waals surface area (Å²) in [7, 11) is 3.44. The first-order valence-corrected chi connectivity index (χ1v) is 18.3. The van der Waals surface area contributed by atoms with Crippen LogP contribution in [0.3, 0.4) is 0 Å². The molecule has 2 bridgehead atoms. The van der Waals surface area contributed by atoms with Gasteiger partial charge in [-0.15, -0.1) is 0 Å². The maximum atomic E-state index is 6.97. The first-order valence-electron chi connectivity index (χ1n) is 18.3. The summed E-state index contributed by atoms with van der Waals surface area (Å²) in [4.78, 5) is 0. The molecule has 2 saturated carbocycles. The Hall–Kier alpha value is -2.94. The molecule has 4 atom stereocenters. The van der Waals surface area contributed by atoms with E-state index in [1.807, 2.05) is 12.1 Å². The number of hydrogen-bond acceptors (Lipinski definition) is 7. The molecule has 7 nitrogen and oxygen atoms in total. The Morgan fingerprint density at radius 2 is 1.00 bits per heavy atom. The maximum Gasteiger partial charge on any atom is 0.130 e. The van der Waals surface area contributed by atoms with Crippen LogP contribution >= 0.6 is 0 Å². The van der Waals surface area contributed by atoms with Crippen LogP contribution in [0.2, 0.25) is 0 Å². The maximum absolute atomic E-state index is 6.97. The zero-order valence-electron chi connectivity index (χ0n) is 30.5. The Kier molecular flexibility index (Phi) is 11.7. The van der Waals surface area contributed by atoms with E-state index in [1.165, 1.54) is 33.4 Å². The van der Waals surface area contributed by atoms with Crippen LogP contribution in [0.15, 0.2) is 48.5 Å². The van der Waals surface area contributed by atoms with Gasteiger partial charge in [-0.25, -0.2) is 0 Å². The quantitative estimate of drug-likeness (QED) is 0.275. The summed E-state index contributed by atoms with van der Waals surface area (Å²) in [5.41, 5.74) is 7.96. The van der Waals surface area contributed by atoms with Gasteiger partial charge in [0.2, 0.25) is 0 Å². The summed E-state index contributed by atoms with van der Waals surface area (Å²) in [5, 5.41) is 0. The third-order valence-corrected chi connectivity index (χ3v) is 10.7. The molecule has 3 aliphatic rings. The van der Waals surface area contributed by atoms with Gasteiger partial charge in [-0.05, 0) is 76.6 Å². The minimum atomic E-state index is -0.583. The summed E-state index contributed by atoms with van der Waals surface area (Å²) in [6, 6.07) is 17.6. The highest BCUT2D eigenvalue weighted by Crippen LogP contribution is 2.46. The summed E-state index contributed by atoms with van der Waals surface area (Å²) < 4.78 is 46.0. The number of hydrogen-bond donors (Lipinski definition) is 0. The average Bonchev–Trinajstić information content (AvgIpc) is 3.08. The second kappa shape index (κ2) is 15.9. The molecule has 49 heavy (non-hydrogen) atoms. The van der Waals surface area contributed by atoms with Crippen molar-refractivity contribution in [3.8, 4) is 11.5 Å². The lowest BCUT2D eigenvalue weighted by Gasteiger charge is -2.45. The zero-order valence-corrected chi connectivity index (χ0v) is 30.5. The lowest BCUT2D eigenvalue weighted by Crippen LogP contribution is -2.47. The average molecular weight is 673 g/mol. The molecule has 0 N–H and O–H groups in total. The van der Waals surface area contributed by atoms with Gasteiger partial charge in [0.15, 0.2) is 0 Å². The Labute approximate surface area is 293 Å². The summed E-state index contributed by atoms with van der Waals surface area (Å²) in [5.74, 6) is 1.53. The molecule has 2 aliphatic carbocycles. The van der Waals surface area contributed by atoms with Crippen molar-refractivity contribution in [1.29, 1.82) is 0 Å². The van der Waals surface area contributed by atoms with E-state index in [-0.39, 0.29) is 12.2 Å². The summed E-state index contributed by atoms with van der Waals surface area (Å²) in [6.45, 7) is 11.2. The van der Waals surface area contributed by atoms with E-state index in [0.29, 0.717) is 39.6 Å². The minimum absolute atomic E-state index is 0.138. The standard InChI is InChI=1S/C42H56O7/c1-29-19-30(2)22-35(21-29)41-13-9-7-11-38(41)46-27-33-25-37(43-5)26-34(40(33)44-6)28-47-39-12-8-10-14-42(39,49-18-16-45-15-17-48-41)36-23-31(3)20-32(4)24-36/h19-26,38-39H,7-18,27-28H2,1-6H3/t38-,39-,41-,42-/m0/s1. The van der Waals surface area contributed by atoms with Crippen LogP contribution in [-0.4, -0.2) is 52.9 Å². The lowest BCUT2D eigenvalue weighted by atomic mass is 9.76. The number of ether oxygens (including phenoxy) is 7. The van der Waals surface area contributed by atoms with Gasteiger partial charge in [0.1, 0.15) is 22.7 Å². The smallest absolute Gasteiger partial charge is 0.130 e. The van der Waals surface area contributed by atoms with Crippen molar-refractivity contribution in [2.24, 2.45) is 0 Å². The summed E-state index contributed by atoms with van der Waals surface area (Å²) >= 11 is 0. The molecule has 0 amide bonds. The Bertz CT molecular complexity index is 1420. The molecule has 1 heterocycles. The Morgan fingerprint density at radius 3 is 1.41 bits per heavy atom. The molecular formula is C42H56O7. The molecule has 3 aromatic rings. The first-order chi connectivity index (χ1) is 23.8. The van der Waals surface area contributed by atoms with E-state index in [9.17, 15) is 0 Å². The van der Waals surface area contributed by atoms with Gasteiger partial charge in [-0.1, -0.05) is 84.3 Å². The first kappa shape index (κ1) is 35.9. The molecule has 6 rings (SSSR count). The van der Waals surface area contributed by atoms with Gasteiger partial charge >= 0.3 is 0 Å². The lowest BCUT2D eigenvalue weighted by molar-refractivity contribution is -0.192. The van der Waals surface area contributed by atoms with Crippen molar-refractivity contribution in [2.45, 2.75) is 116 Å². The van der Waals surface area contributed by atoms with Crippen molar-refractivity contribution in [1.82, 2.24) is 0 Å². The molecule has 0 radical (unpaired) electrons. The molecule has 1 aliphatic heterocycles. The number of fused-ring (bicyclic) bond motifs is 4. The van der Waals surface area contributed by atoms with Crippen LogP contribution in [-0.2, 0) is 48.1 Å². The zero-order chi connectivity index (χ0) is 34.4. The number of aryl methyl sites for hydroxylation is 4. The molecule has 266 valence electrons. The fraction of sp³-hybridized carbons (Fsp3) is 0.571. The fourth-order valence-electron chi connectivity index (χ4n) is 8.62. The van der Waals surface area contributed by atoms with E-state index in [1.54, 1.807) is 14.2 Å². The molecule has 3 aromatic carbocycles. The van der Waals surface area contributed by atoms with Crippen LogP contribution in [0.4, 0.5) is 0 Å². The van der Waals surface area contributed by atoms with Gasteiger partial charge < -0.3 is 33.2 Å². The van der Waals surface area contributed by atoms with E-state index in [0.717, 1.165) is 74.0 Å². The number of rotatable bonds is 4. The monoisotopic (exact) mass is 672 g/mol. The summed E-state index contributed by atoms with van der Waals surface area (Å²) in [6.07, 6.45) is 7.65. The normalized spacial score (nSPS) is 27.2. The predicted molar refractivity (Wildman–Crippen MR) is 192 cm³/mol. The van der Waals surface area contributed by atoms with E-state index >= 15 is 0 Å². The predicted octanol–water partition coefficient (Wildman–Crippen LogP) is 8.71. The number of benzene rings is 3. The highest BCUT2D eigenvalue weighted by atomic mass is 16.6. The second-order valence-electron chi connectivity index (χ2n) is 14.4. The molecule has 0 saturated heterocycles.